The molecule has 2 heterocycles. The van der Waals surface area contributed by atoms with Crippen LogP contribution in [0.3, 0.4) is 0 Å². The fourth-order valence-corrected chi connectivity index (χ4v) is 4.26. The van der Waals surface area contributed by atoms with Gasteiger partial charge in [-0.3, -0.25) is 14.7 Å². The van der Waals surface area contributed by atoms with E-state index in [1.165, 1.54) is 0 Å². The van der Waals surface area contributed by atoms with Gasteiger partial charge < -0.3 is 14.5 Å². The number of nitrogens with zero attached hydrogens (tertiary/aromatic N) is 4. The van der Waals surface area contributed by atoms with Gasteiger partial charge in [-0.2, -0.15) is 0 Å². The zero-order valence-corrected chi connectivity index (χ0v) is 17.6. The van der Waals surface area contributed by atoms with Crippen molar-refractivity contribution in [2.24, 2.45) is 10.9 Å². The first-order valence-electron chi connectivity index (χ1n) is 10.5. The first-order valence-corrected chi connectivity index (χ1v) is 10.5. The van der Waals surface area contributed by atoms with E-state index in [1.807, 2.05) is 35.9 Å². The third kappa shape index (κ3) is 4.09. The maximum absolute atomic E-state index is 13.0. The quantitative estimate of drug-likeness (QED) is 0.783. The first-order chi connectivity index (χ1) is 14.0. The number of methoxy groups -OCH3 is 1. The third-order valence-electron chi connectivity index (χ3n) is 6.32. The Bertz CT molecular complexity index is 825. The van der Waals surface area contributed by atoms with Crippen LogP contribution in [0.15, 0.2) is 23.2 Å². The molecule has 2 fully saturated rings. The van der Waals surface area contributed by atoms with Crippen LogP contribution < -0.4 is 4.74 Å². The average Bonchev–Trinajstić information content (AvgIpc) is 3.48. The predicted molar refractivity (Wildman–Crippen MR) is 111 cm³/mol. The highest BCUT2D eigenvalue weighted by Crippen LogP contribution is 2.32. The molecule has 3 amide bonds. The van der Waals surface area contributed by atoms with Crippen molar-refractivity contribution in [3.05, 3.63) is 29.3 Å². The van der Waals surface area contributed by atoms with E-state index in [2.05, 4.69) is 11.1 Å². The number of piperidine rings is 1. The molecule has 0 spiro atoms. The summed E-state index contributed by atoms with van der Waals surface area (Å²) in [6.07, 6.45) is 3.78. The molecule has 0 unspecified atom stereocenters. The minimum Gasteiger partial charge on any atom is -0.496 e. The van der Waals surface area contributed by atoms with Gasteiger partial charge in [0.05, 0.1) is 19.4 Å². The maximum atomic E-state index is 13.0. The van der Waals surface area contributed by atoms with E-state index in [1.54, 1.807) is 12.0 Å². The van der Waals surface area contributed by atoms with E-state index in [-0.39, 0.29) is 18.0 Å². The number of rotatable bonds is 4. The minimum absolute atomic E-state index is 0.0148. The van der Waals surface area contributed by atoms with Crippen LogP contribution in [0.5, 0.6) is 5.75 Å². The van der Waals surface area contributed by atoms with Gasteiger partial charge in [-0.25, -0.2) is 4.79 Å². The fraction of sp³-hybridized carbons (Fsp3) is 0.591. The second kappa shape index (κ2) is 8.05. The molecule has 1 aromatic carbocycles. The van der Waals surface area contributed by atoms with Crippen LogP contribution in [0.4, 0.5) is 4.79 Å². The molecule has 3 aliphatic rings. The van der Waals surface area contributed by atoms with Crippen LogP contribution in [0.25, 0.3) is 0 Å². The lowest BCUT2D eigenvalue weighted by Gasteiger charge is -2.38. The molecule has 1 aromatic rings. The molecule has 4 rings (SSSR count). The van der Waals surface area contributed by atoms with Crippen molar-refractivity contribution >= 4 is 17.6 Å². The van der Waals surface area contributed by atoms with Crippen molar-refractivity contribution in [1.29, 1.82) is 0 Å². The van der Waals surface area contributed by atoms with Crippen LogP contribution in [-0.4, -0.2) is 78.9 Å². The Morgan fingerprint density at radius 3 is 2.48 bits per heavy atom. The van der Waals surface area contributed by atoms with Gasteiger partial charge in [-0.1, -0.05) is 0 Å². The Morgan fingerprint density at radius 2 is 1.86 bits per heavy atom. The van der Waals surface area contributed by atoms with Crippen LogP contribution in [0.1, 0.15) is 36.8 Å². The van der Waals surface area contributed by atoms with Crippen LogP contribution in [-0.2, 0) is 4.79 Å². The van der Waals surface area contributed by atoms with E-state index >= 15 is 0 Å². The predicted octanol–water partition coefficient (Wildman–Crippen LogP) is 2.52. The number of benzene rings is 1. The van der Waals surface area contributed by atoms with E-state index in [4.69, 9.17) is 4.74 Å². The molecule has 1 saturated heterocycles. The average molecular weight is 399 g/mol. The number of hydrogen-bond donors (Lipinski definition) is 0. The van der Waals surface area contributed by atoms with Gasteiger partial charge in [0.25, 0.3) is 0 Å². The molecule has 156 valence electrons. The summed E-state index contributed by atoms with van der Waals surface area (Å²) in [6.45, 7) is 4.43. The molecule has 1 saturated carbocycles. The summed E-state index contributed by atoms with van der Waals surface area (Å²) < 4.78 is 5.32. The van der Waals surface area contributed by atoms with Gasteiger partial charge in [-0.15, -0.1) is 0 Å². The molecular weight excluding hydrogens is 368 g/mol. The van der Waals surface area contributed by atoms with Crippen molar-refractivity contribution in [1.82, 2.24) is 14.7 Å². The number of amides is 3. The van der Waals surface area contributed by atoms with Crippen LogP contribution in [0.2, 0.25) is 0 Å². The van der Waals surface area contributed by atoms with Crippen LogP contribution >= 0.6 is 0 Å². The summed E-state index contributed by atoms with van der Waals surface area (Å²) in [5.74, 6) is 1.43. The molecule has 0 aromatic heterocycles. The van der Waals surface area contributed by atoms with Crippen molar-refractivity contribution < 1.29 is 14.3 Å². The van der Waals surface area contributed by atoms with E-state index in [0.29, 0.717) is 19.1 Å². The first kappa shape index (κ1) is 19.7. The maximum Gasteiger partial charge on any atom is 0.321 e. The van der Waals surface area contributed by atoms with Gasteiger partial charge in [0.15, 0.2) is 0 Å². The molecule has 1 aliphatic carbocycles. The Kier molecular flexibility index (Phi) is 5.48. The normalized spacial score (nSPS) is 19.9. The number of carbonyl (C=O) groups is 2. The number of carbonyl (C=O) groups excluding carboxylic acids is 2. The highest BCUT2D eigenvalue weighted by atomic mass is 16.5. The lowest BCUT2D eigenvalue weighted by molar-refractivity contribution is -0.133. The SMILES string of the molecule is COc1ccc(C2=NCN(C(=O)N(C)C3CCN(C(=O)C4CC4)CC3)C2)cc1C. The number of aliphatic imine (C=N–C) groups is 1. The number of urea groups is 1. The molecule has 29 heavy (non-hydrogen) atoms. The van der Waals surface area contributed by atoms with Crippen LogP contribution in [0, 0.1) is 12.8 Å². The lowest BCUT2D eigenvalue weighted by atomic mass is 10.0. The summed E-state index contributed by atoms with van der Waals surface area (Å²) >= 11 is 0. The van der Waals surface area contributed by atoms with E-state index in [0.717, 1.165) is 61.4 Å². The second-order valence-electron chi connectivity index (χ2n) is 8.35. The minimum atomic E-state index is 0.0148. The smallest absolute Gasteiger partial charge is 0.321 e. The Labute approximate surface area is 172 Å². The van der Waals surface area contributed by atoms with E-state index in [9.17, 15) is 9.59 Å². The molecule has 2 aliphatic heterocycles. The third-order valence-corrected chi connectivity index (χ3v) is 6.32. The summed E-state index contributed by atoms with van der Waals surface area (Å²) in [5, 5.41) is 0. The number of aryl methyl sites for hydroxylation is 1. The van der Waals surface area contributed by atoms with Gasteiger partial charge in [0.1, 0.15) is 12.4 Å². The molecule has 7 heteroatoms. The number of ether oxygens (including phenoxy) is 1. The number of likely N-dealkylation sites (tertiary alicyclic amines) is 1. The van der Waals surface area contributed by atoms with Gasteiger partial charge in [0, 0.05) is 32.1 Å². The second-order valence-corrected chi connectivity index (χ2v) is 8.35. The van der Waals surface area contributed by atoms with Gasteiger partial charge >= 0.3 is 6.03 Å². The molecule has 0 N–H and O–H groups in total. The van der Waals surface area contributed by atoms with Gasteiger partial charge in [-0.05, 0) is 61.9 Å². The summed E-state index contributed by atoms with van der Waals surface area (Å²) in [5.41, 5.74) is 3.03. The van der Waals surface area contributed by atoms with E-state index < -0.39 is 0 Å². The largest absolute Gasteiger partial charge is 0.496 e. The van der Waals surface area contributed by atoms with Gasteiger partial charge in [0.2, 0.25) is 5.91 Å². The highest BCUT2D eigenvalue weighted by molar-refractivity contribution is 6.05. The van der Waals surface area contributed by atoms with Crippen molar-refractivity contribution in [2.75, 3.05) is 40.5 Å². The summed E-state index contributed by atoms with van der Waals surface area (Å²) in [6, 6.07) is 6.19. The topological polar surface area (TPSA) is 65.5 Å². The molecule has 0 radical (unpaired) electrons. The summed E-state index contributed by atoms with van der Waals surface area (Å²) in [7, 11) is 3.54. The molecule has 0 atom stereocenters. The Morgan fingerprint density at radius 1 is 1.14 bits per heavy atom. The highest BCUT2D eigenvalue weighted by Gasteiger charge is 2.36. The van der Waals surface area contributed by atoms with Crippen molar-refractivity contribution in [2.45, 2.75) is 38.6 Å². The zero-order valence-electron chi connectivity index (χ0n) is 17.6. The molecule has 7 nitrogen and oxygen atoms in total. The zero-order chi connectivity index (χ0) is 20.5. The molecular formula is C22H30N4O3. The molecule has 0 bridgehead atoms. The lowest BCUT2D eigenvalue weighted by Crippen LogP contribution is -2.51. The standard InChI is InChI=1S/C22H30N4O3/c1-15-12-17(6-7-20(15)29-3)19-13-26(14-23-19)22(28)24(2)18-8-10-25(11-9-18)21(27)16-4-5-16/h6-7,12,16,18H,4-5,8-11,13-14H2,1-3H3. The summed E-state index contributed by atoms with van der Waals surface area (Å²) in [4.78, 5) is 35.4. The van der Waals surface area contributed by atoms with Crippen molar-refractivity contribution in [3.8, 4) is 5.75 Å². The fourth-order valence-electron chi connectivity index (χ4n) is 4.26. The Balaban J connectivity index is 1.31. The number of hydrogen-bond acceptors (Lipinski definition) is 4. The monoisotopic (exact) mass is 398 g/mol. The Hall–Kier alpha value is -2.57. The van der Waals surface area contributed by atoms with Crippen molar-refractivity contribution in [3.63, 3.8) is 0 Å².